The number of benzene rings is 1. The summed E-state index contributed by atoms with van der Waals surface area (Å²) in [6.45, 7) is 0. The summed E-state index contributed by atoms with van der Waals surface area (Å²) in [6.07, 6.45) is -0.907. The molecule has 2 rings (SSSR count). The normalized spacial score (nSPS) is 10.7. The van der Waals surface area contributed by atoms with Crippen LogP contribution in [0.3, 0.4) is 0 Å². The molecule has 0 aliphatic heterocycles. The Hall–Kier alpha value is -1.42. The van der Waals surface area contributed by atoms with Crippen LogP contribution >= 0.6 is 11.6 Å². The van der Waals surface area contributed by atoms with Crippen LogP contribution in [0.15, 0.2) is 22.6 Å². The third-order valence-electron chi connectivity index (χ3n) is 1.80. The van der Waals surface area contributed by atoms with E-state index in [0.717, 1.165) is 0 Å². The highest BCUT2D eigenvalue weighted by Crippen LogP contribution is 2.16. The number of ketones is 1. The van der Waals surface area contributed by atoms with E-state index in [-0.39, 0.29) is 11.7 Å². The Morgan fingerprint density at radius 1 is 1.57 bits per heavy atom. The molecule has 2 aromatic rings. The number of carbonyl (C=O) groups excluding carboxylic acids is 1. The van der Waals surface area contributed by atoms with E-state index in [4.69, 9.17) is 11.6 Å². The minimum absolute atomic E-state index is 0.105. The number of hydrogen-bond donors (Lipinski definition) is 0. The Balaban J connectivity index is 2.55. The molecule has 3 nitrogen and oxygen atoms in total. The number of halogens is 2. The first-order chi connectivity index (χ1) is 6.70. The SMILES string of the molecule is O=C(CCl)c1ccc2oc(F)nc2c1. The van der Waals surface area contributed by atoms with Gasteiger partial charge in [0, 0.05) is 5.56 Å². The van der Waals surface area contributed by atoms with Gasteiger partial charge in [-0.1, -0.05) is 0 Å². The lowest BCUT2D eigenvalue weighted by Gasteiger charge is -1.94. The summed E-state index contributed by atoms with van der Waals surface area (Å²) in [5.74, 6) is -0.330. The minimum Gasteiger partial charge on any atom is -0.415 e. The van der Waals surface area contributed by atoms with Gasteiger partial charge in [0.1, 0.15) is 5.52 Å². The van der Waals surface area contributed by atoms with Crippen LogP contribution in [0.5, 0.6) is 0 Å². The number of aromatic nitrogens is 1. The smallest absolute Gasteiger partial charge is 0.382 e. The molecule has 0 N–H and O–H groups in total. The number of rotatable bonds is 2. The topological polar surface area (TPSA) is 43.1 Å². The molecule has 5 heteroatoms. The minimum atomic E-state index is -0.907. The summed E-state index contributed by atoms with van der Waals surface area (Å²) in [6, 6.07) is 4.47. The number of fused-ring (bicyclic) bond motifs is 1. The number of alkyl halides is 1. The molecule has 0 unspecified atom stereocenters. The molecular weight excluding hydrogens is 209 g/mol. The van der Waals surface area contributed by atoms with Crippen molar-refractivity contribution in [3.63, 3.8) is 0 Å². The summed E-state index contributed by atoms with van der Waals surface area (Å²) in [7, 11) is 0. The van der Waals surface area contributed by atoms with Crippen LogP contribution in [0.4, 0.5) is 4.39 Å². The van der Waals surface area contributed by atoms with E-state index in [0.29, 0.717) is 16.7 Å². The summed E-state index contributed by atoms with van der Waals surface area (Å²) in [5, 5.41) is 0. The molecule has 0 spiro atoms. The van der Waals surface area contributed by atoms with Crippen LogP contribution in [0, 0.1) is 6.14 Å². The zero-order valence-electron chi connectivity index (χ0n) is 6.96. The van der Waals surface area contributed by atoms with E-state index in [2.05, 4.69) is 9.40 Å². The molecule has 0 fully saturated rings. The zero-order valence-corrected chi connectivity index (χ0v) is 7.71. The lowest BCUT2D eigenvalue weighted by atomic mass is 10.1. The predicted molar refractivity (Wildman–Crippen MR) is 49.0 cm³/mol. The van der Waals surface area contributed by atoms with Gasteiger partial charge in [0.05, 0.1) is 5.88 Å². The standard InChI is InChI=1S/C9H5ClFNO2/c10-4-7(13)5-1-2-8-6(3-5)12-9(11)14-8/h1-3H,4H2. The third kappa shape index (κ3) is 1.48. The van der Waals surface area contributed by atoms with Crippen LogP contribution in [0.25, 0.3) is 11.1 Å². The first kappa shape index (κ1) is 9.15. The van der Waals surface area contributed by atoms with E-state index in [1.54, 1.807) is 0 Å². The number of oxazole rings is 1. The lowest BCUT2D eigenvalue weighted by Crippen LogP contribution is -1.99. The van der Waals surface area contributed by atoms with Crippen molar-refractivity contribution in [2.24, 2.45) is 0 Å². The van der Waals surface area contributed by atoms with Crippen molar-refractivity contribution >= 4 is 28.5 Å². The second-order valence-corrected chi connectivity index (χ2v) is 2.97. The van der Waals surface area contributed by atoms with Gasteiger partial charge in [-0.2, -0.15) is 4.98 Å². The van der Waals surface area contributed by atoms with Gasteiger partial charge in [-0.15, -0.1) is 16.0 Å². The maximum absolute atomic E-state index is 12.5. The molecule has 0 radical (unpaired) electrons. The Morgan fingerprint density at radius 3 is 3.07 bits per heavy atom. The zero-order chi connectivity index (χ0) is 10.1. The molecule has 0 saturated carbocycles. The van der Waals surface area contributed by atoms with Crippen LogP contribution in [0.1, 0.15) is 10.4 Å². The molecule has 0 amide bonds. The van der Waals surface area contributed by atoms with E-state index < -0.39 is 6.14 Å². The maximum atomic E-state index is 12.5. The Morgan fingerprint density at radius 2 is 2.36 bits per heavy atom. The van der Waals surface area contributed by atoms with Gasteiger partial charge in [0.25, 0.3) is 0 Å². The Bertz CT molecular complexity index is 495. The monoisotopic (exact) mass is 213 g/mol. The van der Waals surface area contributed by atoms with Crippen molar-refractivity contribution in [2.45, 2.75) is 0 Å². The van der Waals surface area contributed by atoms with Gasteiger partial charge in [-0.05, 0) is 18.2 Å². The van der Waals surface area contributed by atoms with Crippen molar-refractivity contribution in [1.82, 2.24) is 4.98 Å². The van der Waals surface area contributed by atoms with E-state index in [1.807, 2.05) is 0 Å². The Labute approximate surface area is 83.5 Å². The van der Waals surface area contributed by atoms with Gasteiger partial charge < -0.3 is 4.42 Å². The van der Waals surface area contributed by atoms with Crippen LogP contribution in [-0.4, -0.2) is 16.6 Å². The summed E-state index contributed by atoms with van der Waals surface area (Å²) < 4.78 is 17.2. The first-order valence-electron chi connectivity index (χ1n) is 3.86. The molecule has 0 bridgehead atoms. The molecule has 14 heavy (non-hydrogen) atoms. The van der Waals surface area contributed by atoms with E-state index >= 15 is 0 Å². The first-order valence-corrected chi connectivity index (χ1v) is 4.39. The molecule has 0 saturated heterocycles. The number of Topliss-reactive ketones (excluding diaryl/α,β-unsaturated/α-hetero) is 1. The Kier molecular flexibility index (Phi) is 2.21. The van der Waals surface area contributed by atoms with Crippen molar-refractivity contribution in [2.75, 3.05) is 5.88 Å². The van der Waals surface area contributed by atoms with E-state index in [9.17, 15) is 9.18 Å². The molecule has 0 atom stereocenters. The second kappa shape index (κ2) is 3.38. The van der Waals surface area contributed by atoms with Gasteiger partial charge in [-0.3, -0.25) is 4.79 Å². The van der Waals surface area contributed by atoms with Crippen molar-refractivity contribution in [3.05, 3.63) is 29.9 Å². The van der Waals surface area contributed by atoms with E-state index in [1.165, 1.54) is 18.2 Å². The summed E-state index contributed by atoms with van der Waals surface area (Å²) in [5.41, 5.74) is 1.04. The van der Waals surface area contributed by atoms with Crippen molar-refractivity contribution in [3.8, 4) is 0 Å². The molecule has 1 aromatic heterocycles. The van der Waals surface area contributed by atoms with Gasteiger partial charge in [0.2, 0.25) is 0 Å². The average molecular weight is 214 g/mol. The largest absolute Gasteiger partial charge is 0.415 e. The number of carbonyl (C=O) groups is 1. The molecule has 0 aliphatic rings. The number of nitrogens with zero attached hydrogens (tertiary/aromatic N) is 1. The van der Waals surface area contributed by atoms with Crippen LogP contribution < -0.4 is 0 Å². The van der Waals surface area contributed by atoms with Crippen molar-refractivity contribution in [1.29, 1.82) is 0 Å². The highest BCUT2D eigenvalue weighted by atomic mass is 35.5. The highest BCUT2D eigenvalue weighted by molar-refractivity contribution is 6.30. The lowest BCUT2D eigenvalue weighted by molar-refractivity contribution is 0.102. The average Bonchev–Trinajstić information content (AvgIpc) is 2.55. The third-order valence-corrected chi connectivity index (χ3v) is 2.05. The van der Waals surface area contributed by atoms with Crippen molar-refractivity contribution < 1.29 is 13.6 Å². The summed E-state index contributed by atoms with van der Waals surface area (Å²) >= 11 is 5.38. The fraction of sp³-hybridized carbons (Fsp3) is 0.111. The molecule has 1 heterocycles. The fourth-order valence-corrected chi connectivity index (χ4v) is 1.30. The van der Waals surface area contributed by atoms with Crippen LogP contribution in [-0.2, 0) is 0 Å². The molecule has 0 aliphatic carbocycles. The summed E-state index contributed by atoms with van der Waals surface area (Å²) in [4.78, 5) is 14.6. The molecular formula is C9H5ClFNO2. The number of hydrogen-bond acceptors (Lipinski definition) is 3. The fourth-order valence-electron chi connectivity index (χ4n) is 1.15. The van der Waals surface area contributed by atoms with Gasteiger partial charge in [0.15, 0.2) is 11.4 Å². The molecule has 1 aromatic carbocycles. The second-order valence-electron chi connectivity index (χ2n) is 2.71. The maximum Gasteiger partial charge on any atom is 0.382 e. The predicted octanol–water partition coefficient (Wildman–Crippen LogP) is 2.39. The quantitative estimate of drug-likeness (QED) is 0.568. The van der Waals surface area contributed by atoms with Gasteiger partial charge in [-0.25, -0.2) is 0 Å². The molecule has 72 valence electrons. The highest BCUT2D eigenvalue weighted by Gasteiger charge is 2.09. The van der Waals surface area contributed by atoms with Gasteiger partial charge >= 0.3 is 6.14 Å². The van der Waals surface area contributed by atoms with Crippen LogP contribution in [0.2, 0.25) is 0 Å².